The number of rotatable bonds is 14. The number of allylic oxidation sites excluding steroid dienone is 1. The lowest BCUT2D eigenvalue weighted by molar-refractivity contribution is -0.116. The minimum atomic E-state index is -0.0127. The first-order valence-corrected chi connectivity index (χ1v) is 12.3. The molecule has 0 saturated heterocycles. The van der Waals surface area contributed by atoms with Crippen molar-refractivity contribution in [2.45, 2.75) is 65.3 Å². The fourth-order valence-electron chi connectivity index (χ4n) is 3.96. The number of unbranched alkanes of at least 4 members (excludes halogenated alkanes) is 3. The van der Waals surface area contributed by atoms with Crippen molar-refractivity contribution in [1.82, 2.24) is 14.9 Å². The number of benzene rings is 2. The summed E-state index contributed by atoms with van der Waals surface area (Å²) in [7, 11) is 0. The maximum Gasteiger partial charge on any atom is 0.243 e. The molecule has 1 heterocycles. The minimum Gasteiger partial charge on any atom is -0.494 e. The van der Waals surface area contributed by atoms with Crippen LogP contribution >= 0.6 is 0 Å². The van der Waals surface area contributed by atoms with Gasteiger partial charge in [0.15, 0.2) is 0 Å². The van der Waals surface area contributed by atoms with Gasteiger partial charge in [0.25, 0.3) is 0 Å². The number of imidazole rings is 1. The van der Waals surface area contributed by atoms with Gasteiger partial charge >= 0.3 is 0 Å². The third kappa shape index (κ3) is 7.77. The number of nitrogens with one attached hydrogen (secondary N) is 1. The summed E-state index contributed by atoms with van der Waals surface area (Å²) in [4.78, 5) is 16.4. The molecular weight excluding hydrogens is 410 g/mol. The summed E-state index contributed by atoms with van der Waals surface area (Å²) in [5.41, 5.74) is 3.61. The first-order chi connectivity index (χ1) is 16.2. The number of fused-ring (bicyclic) bond motifs is 1. The van der Waals surface area contributed by atoms with Gasteiger partial charge < -0.3 is 14.6 Å². The van der Waals surface area contributed by atoms with E-state index in [1.54, 1.807) is 12.2 Å². The van der Waals surface area contributed by atoms with Crippen LogP contribution in [0.25, 0.3) is 11.0 Å². The van der Waals surface area contributed by atoms with E-state index in [-0.39, 0.29) is 5.91 Å². The number of carbonyl (C=O) groups is 1. The van der Waals surface area contributed by atoms with Gasteiger partial charge in [0.2, 0.25) is 5.91 Å². The highest BCUT2D eigenvalue weighted by atomic mass is 16.5. The summed E-state index contributed by atoms with van der Waals surface area (Å²) in [6.45, 7) is 6.42. The van der Waals surface area contributed by atoms with Crippen molar-refractivity contribution >= 4 is 16.9 Å². The largest absolute Gasteiger partial charge is 0.494 e. The molecule has 1 N–H and O–H groups in total. The Bertz CT molecular complexity index is 1020. The number of hydrogen-bond acceptors (Lipinski definition) is 3. The van der Waals surface area contributed by atoms with Gasteiger partial charge in [-0.15, -0.1) is 0 Å². The summed E-state index contributed by atoms with van der Waals surface area (Å²) in [6.07, 6.45) is 10.5. The molecule has 0 aliphatic carbocycles. The molecule has 5 nitrogen and oxygen atoms in total. The Morgan fingerprint density at radius 2 is 1.85 bits per heavy atom. The Morgan fingerprint density at radius 1 is 1.03 bits per heavy atom. The van der Waals surface area contributed by atoms with Crippen LogP contribution in [0.2, 0.25) is 0 Å². The fraction of sp³-hybridized carbons (Fsp3) is 0.429. The molecule has 33 heavy (non-hydrogen) atoms. The Balaban J connectivity index is 1.45. The van der Waals surface area contributed by atoms with Gasteiger partial charge in [0, 0.05) is 19.5 Å². The van der Waals surface area contributed by atoms with E-state index in [4.69, 9.17) is 9.72 Å². The zero-order valence-electron chi connectivity index (χ0n) is 20.1. The molecule has 0 unspecified atom stereocenters. The topological polar surface area (TPSA) is 56.2 Å². The molecule has 0 radical (unpaired) electrons. The van der Waals surface area contributed by atoms with Gasteiger partial charge in [-0.3, -0.25) is 4.79 Å². The molecule has 3 rings (SSSR count). The second-order valence-corrected chi connectivity index (χ2v) is 8.32. The van der Waals surface area contributed by atoms with Crippen molar-refractivity contribution in [1.29, 1.82) is 0 Å². The van der Waals surface area contributed by atoms with E-state index in [2.05, 4.69) is 65.3 Å². The second-order valence-electron chi connectivity index (χ2n) is 8.32. The lowest BCUT2D eigenvalue weighted by Crippen LogP contribution is -2.21. The maximum absolute atomic E-state index is 11.5. The van der Waals surface area contributed by atoms with E-state index in [1.165, 1.54) is 11.1 Å². The molecular formula is C28H37N3O2. The third-order valence-electron chi connectivity index (χ3n) is 5.80. The number of amides is 1. The number of aryl methyl sites for hydroxylation is 3. The van der Waals surface area contributed by atoms with E-state index < -0.39 is 0 Å². The van der Waals surface area contributed by atoms with Crippen LogP contribution in [0.5, 0.6) is 5.75 Å². The summed E-state index contributed by atoms with van der Waals surface area (Å²) >= 11 is 0. The predicted octanol–water partition coefficient (Wildman–Crippen LogP) is 5.86. The van der Waals surface area contributed by atoms with Crippen LogP contribution in [-0.4, -0.2) is 28.6 Å². The Hall–Kier alpha value is -3.08. The van der Waals surface area contributed by atoms with Gasteiger partial charge in [-0.1, -0.05) is 43.7 Å². The lowest BCUT2D eigenvalue weighted by atomic mass is 10.2. The molecule has 0 fully saturated rings. The average Bonchev–Trinajstić information content (AvgIpc) is 3.19. The van der Waals surface area contributed by atoms with Crippen LogP contribution in [0.15, 0.2) is 60.7 Å². The van der Waals surface area contributed by atoms with Crippen LogP contribution in [0, 0.1) is 0 Å². The summed E-state index contributed by atoms with van der Waals surface area (Å²) in [5.74, 6) is 2.09. The second kappa shape index (κ2) is 13.5. The Morgan fingerprint density at radius 3 is 2.64 bits per heavy atom. The van der Waals surface area contributed by atoms with Crippen molar-refractivity contribution in [3.05, 3.63) is 72.1 Å². The van der Waals surface area contributed by atoms with Gasteiger partial charge in [0.05, 0.1) is 17.6 Å². The predicted molar refractivity (Wildman–Crippen MR) is 136 cm³/mol. The van der Waals surface area contributed by atoms with Gasteiger partial charge in [-0.25, -0.2) is 4.98 Å². The fourth-order valence-corrected chi connectivity index (χ4v) is 3.96. The zero-order valence-corrected chi connectivity index (χ0v) is 20.1. The van der Waals surface area contributed by atoms with E-state index in [0.717, 1.165) is 81.7 Å². The summed E-state index contributed by atoms with van der Waals surface area (Å²) in [6, 6.07) is 16.8. The van der Waals surface area contributed by atoms with E-state index in [9.17, 15) is 4.79 Å². The molecule has 0 aliphatic heterocycles. The van der Waals surface area contributed by atoms with Crippen molar-refractivity contribution in [3.8, 4) is 5.75 Å². The van der Waals surface area contributed by atoms with Crippen LogP contribution < -0.4 is 10.1 Å². The van der Waals surface area contributed by atoms with Crippen LogP contribution in [0.4, 0.5) is 0 Å². The molecule has 0 atom stereocenters. The summed E-state index contributed by atoms with van der Waals surface area (Å²) < 4.78 is 8.29. The first kappa shape index (κ1) is 24.6. The maximum atomic E-state index is 11.5. The van der Waals surface area contributed by atoms with Crippen LogP contribution in [0.1, 0.15) is 57.3 Å². The number of carbonyl (C=O) groups excluding carboxylic acids is 1. The molecule has 1 amide bonds. The lowest BCUT2D eigenvalue weighted by Gasteiger charge is -2.10. The van der Waals surface area contributed by atoms with Crippen molar-refractivity contribution < 1.29 is 9.53 Å². The zero-order chi connectivity index (χ0) is 23.3. The van der Waals surface area contributed by atoms with E-state index in [0.29, 0.717) is 0 Å². The first-order valence-electron chi connectivity index (χ1n) is 12.3. The number of para-hydroxylation sites is 2. The number of ether oxygens (including phenoxy) is 1. The van der Waals surface area contributed by atoms with Gasteiger partial charge in [-0.05, 0) is 74.9 Å². The normalized spacial score (nSPS) is 11.3. The monoisotopic (exact) mass is 447 g/mol. The molecule has 1 aromatic heterocycles. The molecule has 3 aromatic rings. The van der Waals surface area contributed by atoms with Crippen molar-refractivity contribution in [2.75, 3.05) is 13.2 Å². The quantitative estimate of drug-likeness (QED) is 0.249. The average molecular weight is 448 g/mol. The van der Waals surface area contributed by atoms with E-state index in [1.807, 2.05) is 6.92 Å². The SMILES string of the molecule is C/C=C/C(=O)NCCCCCc1nc2ccccc2n1CCCCOc1ccc(CC)cc1. The van der Waals surface area contributed by atoms with Crippen molar-refractivity contribution in [3.63, 3.8) is 0 Å². The van der Waals surface area contributed by atoms with Gasteiger partial charge in [0.1, 0.15) is 11.6 Å². The molecule has 0 saturated carbocycles. The van der Waals surface area contributed by atoms with Crippen LogP contribution in [0.3, 0.4) is 0 Å². The molecule has 5 heteroatoms. The highest BCUT2D eigenvalue weighted by Gasteiger charge is 2.10. The minimum absolute atomic E-state index is 0.0127. The highest BCUT2D eigenvalue weighted by molar-refractivity contribution is 5.87. The standard InChI is InChI=1S/C28H37N3O2/c1-3-12-28(32)29-20-9-5-6-15-27-30-25-13-7-8-14-26(25)31(27)21-10-11-22-33-24-18-16-23(4-2)17-19-24/h3,7-8,12-14,16-19H,4-6,9-11,15,20-22H2,1-2H3,(H,29,32)/b12-3+. The molecule has 0 spiro atoms. The van der Waals surface area contributed by atoms with Gasteiger partial charge in [-0.2, -0.15) is 0 Å². The van der Waals surface area contributed by atoms with E-state index >= 15 is 0 Å². The molecule has 0 bridgehead atoms. The van der Waals surface area contributed by atoms with Crippen LogP contribution in [-0.2, 0) is 24.2 Å². The Labute approximate surface area is 197 Å². The smallest absolute Gasteiger partial charge is 0.243 e. The third-order valence-corrected chi connectivity index (χ3v) is 5.80. The highest BCUT2D eigenvalue weighted by Crippen LogP contribution is 2.19. The number of nitrogens with zero attached hydrogens (tertiary/aromatic N) is 2. The van der Waals surface area contributed by atoms with Crippen molar-refractivity contribution in [2.24, 2.45) is 0 Å². The molecule has 0 aliphatic rings. The number of aromatic nitrogens is 2. The molecule has 2 aromatic carbocycles. The molecule has 176 valence electrons. The number of hydrogen-bond donors (Lipinski definition) is 1. The Kier molecular flexibility index (Phi) is 10.0. The summed E-state index contributed by atoms with van der Waals surface area (Å²) in [5, 5.41) is 2.91.